The molecule has 54 heavy (non-hydrogen) atoms. The summed E-state index contributed by atoms with van der Waals surface area (Å²) in [6, 6.07) is 7.26. The van der Waals surface area contributed by atoms with E-state index in [0.29, 0.717) is 34.9 Å². The van der Waals surface area contributed by atoms with E-state index in [1.165, 1.54) is 13.8 Å². The molecule has 2 atom stereocenters. The number of aromatic hydroxyl groups is 2. The molecule has 4 aromatic carbocycles. The van der Waals surface area contributed by atoms with Crippen molar-refractivity contribution in [3.05, 3.63) is 129 Å². The largest absolute Gasteiger partial charge is 0.503 e. The number of fused-ring (bicyclic) bond motifs is 2. The van der Waals surface area contributed by atoms with Crippen LogP contribution < -0.4 is 0 Å². The molecule has 0 aliphatic carbocycles. The monoisotopic (exact) mass is 757 g/mol. The zero-order valence-electron chi connectivity index (χ0n) is 28.1. The van der Waals surface area contributed by atoms with Crippen molar-refractivity contribution >= 4 is 39.6 Å². The van der Waals surface area contributed by atoms with E-state index in [0.717, 1.165) is 23.6 Å². The Morgan fingerprint density at radius 2 is 1.24 bits per heavy atom. The van der Waals surface area contributed by atoms with Gasteiger partial charge in [-0.25, -0.2) is 35.1 Å². The number of carbonyl (C=O) groups excluding carboxylic acids is 2. The number of carboxylic acid groups (broad SMARTS) is 1. The highest BCUT2D eigenvalue weighted by atomic mass is 19.2. The second kappa shape index (κ2) is 13.7. The first-order valence-corrected chi connectivity index (χ1v) is 15.9. The van der Waals surface area contributed by atoms with Gasteiger partial charge in [0.2, 0.25) is 0 Å². The molecule has 0 aliphatic rings. The molecule has 6 aromatic rings. The predicted octanol–water partition coefficient (Wildman–Crippen LogP) is 8.67. The summed E-state index contributed by atoms with van der Waals surface area (Å²) in [5, 5.41) is 29.7. The van der Waals surface area contributed by atoms with Gasteiger partial charge in [0.15, 0.2) is 58.0 Å². The number of aryl methyl sites for hydroxylation is 1. The number of rotatable bonds is 8. The lowest BCUT2D eigenvalue weighted by Gasteiger charge is -2.20. The maximum absolute atomic E-state index is 15.9. The average molecular weight is 758 g/mol. The summed E-state index contributed by atoms with van der Waals surface area (Å²) in [5.41, 5.74) is -3.32. The number of phenolic OH excluding ortho intramolecular Hbond substituents is 2. The average Bonchev–Trinajstić information content (AvgIpc) is 3.61. The van der Waals surface area contributed by atoms with Crippen molar-refractivity contribution in [2.24, 2.45) is 0 Å². The van der Waals surface area contributed by atoms with Crippen LogP contribution in [0.4, 0.5) is 35.1 Å². The van der Waals surface area contributed by atoms with Gasteiger partial charge in [0.1, 0.15) is 0 Å². The lowest BCUT2D eigenvalue weighted by atomic mass is 9.86. The van der Waals surface area contributed by atoms with E-state index in [2.05, 4.69) is 6.07 Å². The third kappa shape index (κ3) is 5.90. The summed E-state index contributed by atoms with van der Waals surface area (Å²) in [5.74, 6) is -21.4. The minimum absolute atomic E-state index is 0.128. The van der Waals surface area contributed by atoms with Crippen LogP contribution in [0.25, 0.3) is 21.8 Å². The number of carbonyl (C=O) groups is 3. The number of phenols is 2. The Labute approximate surface area is 299 Å². The molecule has 8 nitrogen and oxygen atoms in total. The first kappa shape index (κ1) is 37.6. The molecule has 0 amide bonds. The molecule has 0 fully saturated rings. The molecule has 279 valence electrons. The summed E-state index contributed by atoms with van der Waals surface area (Å²) in [6.45, 7) is 3.76. The molecule has 3 N–H and O–H groups in total. The lowest BCUT2D eigenvalue weighted by molar-refractivity contribution is -0.139. The normalized spacial score (nSPS) is 12.8. The van der Waals surface area contributed by atoms with Gasteiger partial charge in [0, 0.05) is 51.0 Å². The summed E-state index contributed by atoms with van der Waals surface area (Å²) in [4.78, 5) is 40.0. The van der Waals surface area contributed by atoms with Crippen LogP contribution in [-0.4, -0.2) is 42.2 Å². The van der Waals surface area contributed by atoms with E-state index in [4.69, 9.17) is 0 Å². The van der Waals surface area contributed by atoms with E-state index in [-0.39, 0.29) is 17.8 Å². The Morgan fingerprint density at radius 3 is 1.78 bits per heavy atom. The summed E-state index contributed by atoms with van der Waals surface area (Å²) in [7, 11) is 0. The standard InChI is InChI=1S/C38H25F8N2O6/c1-14(27-31(45)35(50)30(44)20-10-15(2)47(33(20)27)36(51)17-5-8-21(39)23(41)11-17)4-7-19(38(53)54)28-16(3)48(26-13-25(43)34(49)32(46)29(26)28)37(52)18-6-9-22(40)24(42)12-18/h5-6,8-9,11-14,19,49-50H,4,7H2,1-3H3,(H,53,54). The minimum Gasteiger partial charge on any atom is -0.503 e. The fourth-order valence-corrected chi connectivity index (χ4v) is 6.81. The Morgan fingerprint density at radius 1 is 0.685 bits per heavy atom. The first-order chi connectivity index (χ1) is 25.4. The van der Waals surface area contributed by atoms with E-state index >= 15 is 13.2 Å². The van der Waals surface area contributed by atoms with Crippen LogP contribution >= 0.6 is 0 Å². The van der Waals surface area contributed by atoms with Crippen LogP contribution in [0.15, 0.2) is 42.5 Å². The molecule has 1 radical (unpaired) electrons. The van der Waals surface area contributed by atoms with Crippen molar-refractivity contribution in [2.75, 3.05) is 0 Å². The highest BCUT2D eigenvalue weighted by molar-refractivity contribution is 6.06. The summed E-state index contributed by atoms with van der Waals surface area (Å²) < 4.78 is 118. The van der Waals surface area contributed by atoms with E-state index in [1.807, 2.05) is 0 Å². The van der Waals surface area contributed by atoms with Crippen molar-refractivity contribution < 1.29 is 64.8 Å². The van der Waals surface area contributed by atoms with Crippen molar-refractivity contribution in [3.8, 4) is 11.5 Å². The van der Waals surface area contributed by atoms with E-state index in [9.17, 15) is 51.7 Å². The third-order valence-electron chi connectivity index (χ3n) is 9.40. The molecule has 0 bridgehead atoms. The number of hydrogen-bond donors (Lipinski definition) is 3. The van der Waals surface area contributed by atoms with Gasteiger partial charge in [0.25, 0.3) is 11.8 Å². The minimum atomic E-state index is -1.80. The molecular weight excluding hydrogens is 732 g/mol. The molecular formula is C38H25F8N2O6. The summed E-state index contributed by atoms with van der Waals surface area (Å²) in [6.07, 6.45) is -0.914. The number of aliphatic carboxylic acids is 1. The van der Waals surface area contributed by atoms with Gasteiger partial charge >= 0.3 is 5.97 Å². The Hall–Kier alpha value is -6.19. The van der Waals surface area contributed by atoms with Gasteiger partial charge in [-0.05, 0) is 74.6 Å². The fraction of sp³-hybridized carbons (Fsp3) is 0.184. The molecule has 0 spiro atoms. The van der Waals surface area contributed by atoms with Crippen LogP contribution in [0.2, 0.25) is 0 Å². The first-order valence-electron chi connectivity index (χ1n) is 15.9. The SMILES string of the molecule is Cc1c(C(CCC(C)c2c(F)c(O)c(F)c3[c]c(C)n(C(=O)c4ccc(F)c(F)c4)c23)C(=O)O)c2c(F)c(O)c(F)cc2n1C(=O)c1ccc(F)c(F)c1. The fourth-order valence-electron chi connectivity index (χ4n) is 6.81. The zero-order chi connectivity index (χ0) is 39.7. The number of aromatic nitrogens is 2. The number of nitrogens with zero attached hydrogens (tertiary/aromatic N) is 2. The highest BCUT2D eigenvalue weighted by Crippen LogP contribution is 2.44. The maximum atomic E-state index is 15.9. The molecule has 2 unspecified atom stereocenters. The van der Waals surface area contributed by atoms with Gasteiger partial charge in [-0.1, -0.05) is 6.92 Å². The maximum Gasteiger partial charge on any atom is 0.311 e. The zero-order valence-corrected chi connectivity index (χ0v) is 28.1. The smallest absolute Gasteiger partial charge is 0.311 e. The Kier molecular flexibility index (Phi) is 9.50. The van der Waals surface area contributed by atoms with Gasteiger partial charge < -0.3 is 15.3 Å². The van der Waals surface area contributed by atoms with E-state index in [1.54, 1.807) is 0 Å². The van der Waals surface area contributed by atoms with Crippen molar-refractivity contribution in [1.29, 1.82) is 0 Å². The Balaban J connectivity index is 1.48. The molecule has 16 heteroatoms. The van der Waals surface area contributed by atoms with Crippen molar-refractivity contribution in [1.82, 2.24) is 9.13 Å². The number of hydrogen-bond acceptors (Lipinski definition) is 5. The molecule has 0 aliphatic heterocycles. The van der Waals surface area contributed by atoms with Crippen LogP contribution in [-0.2, 0) is 4.79 Å². The quantitative estimate of drug-likeness (QED) is 0.134. The topological polar surface area (TPSA) is 122 Å². The van der Waals surface area contributed by atoms with Gasteiger partial charge in [-0.3, -0.25) is 23.5 Å². The lowest BCUT2D eigenvalue weighted by Crippen LogP contribution is -2.18. The molecule has 2 aromatic heterocycles. The van der Waals surface area contributed by atoms with Gasteiger partial charge in [0.05, 0.1) is 17.0 Å². The third-order valence-corrected chi connectivity index (χ3v) is 9.40. The van der Waals surface area contributed by atoms with E-state index < -0.39 is 138 Å². The highest BCUT2D eigenvalue weighted by Gasteiger charge is 2.35. The Bertz CT molecular complexity index is 2600. The van der Waals surface area contributed by atoms with Crippen LogP contribution in [0.5, 0.6) is 11.5 Å². The molecule has 0 saturated heterocycles. The summed E-state index contributed by atoms with van der Waals surface area (Å²) >= 11 is 0. The number of halogens is 8. The van der Waals surface area contributed by atoms with Crippen molar-refractivity contribution in [2.45, 2.75) is 45.4 Å². The molecule has 0 saturated carbocycles. The molecule has 6 rings (SSSR count). The molecule has 2 heterocycles. The second-order valence-corrected chi connectivity index (χ2v) is 12.6. The number of benzene rings is 4. The predicted molar refractivity (Wildman–Crippen MR) is 176 cm³/mol. The van der Waals surface area contributed by atoms with Gasteiger partial charge in [-0.2, -0.15) is 0 Å². The number of carboxylic acids is 1. The van der Waals surface area contributed by atoms with Crippen LogP contribution in [0.3, 0.4) is 0 Å². The van der Waals surface area contributed by atoms with Crippen LogP contribution in [0, 0.1) is 66.5 Å². The van der Waals surface area contributed by atoms with Gasteiger partial charge in [-0.15, -0.1) is 0 Å². The van der Waals surface area contributed by atoms with Crippen LogP contribution in [0.1, 0.15) is 74.8 Å². The van der Waals surface area contributed by atoms with Crippen molar-refractivity contribution in [3.63, 3.8) is 0 Å². The second-order valence-electron chi connectivity index (χ2n) is 12.6.